The summed E-state index contributed by atoms with van der Waals surface area (Å²) in [5, 5.41) is 60.3. The van der Waals surface area contributed by atoms with Crippen molar-refractivity contribution in [3.63, 3.8) is 0 Å². The minimum atomic E-state index is -1.87. The molecule has 2 aromatic heterocycles. The highest BCUT2D eigenvalue weighted by molar-refractivity contribution is 8.00. The van der Waals surface area contributed by atoms with Gasteiger partial charge in [0.1, 0.15) is 90.3 Å². The summed E-state index contributed by atoms with van der Waals surface area (Å²) in [6, 6.07) is -1.72. The van der Waals surface area contributed by atoms with Gasteiger partial charge in [-0.3, -0.25) is 81.5 Å². The Morgan fingerprint density at radius 3 is 1.61 bits per heavy atom. The summed E-state index contributed by atoms with van der Waals surface area (Å²) in [6.45, 7) is 9.06. The van der Waals surface area contributed by atoms with E-state index in [0.717, 1.165) is 31.4 Å². The highest BCUT2D eigenvalue weighted by Gasteiger charge is 2.47. The summed E-state index contributed by atoms with van der Waals surface area (Å²) in [5.41, 5.74) is 20.0. The van der Waals surface area contributed by atoms with E-state index >= 15 is 33.6 Å². The molecule has 0 aliphatic carbocycles. The van der Waals surface area contributed by atoms with Crippen LogP contribution >= 0.6 is 11.8 Å². The van der Waals surface area contributed by atoms with Crippen molar-refractivity contribution in [3.8, 4) is 5.75 Å². The number of benzene rings is 3. The van der Waals surface area contributed by atoms with E-state index in [9.17, 15) is 63.3 Å². The lowest BCUT2D eigenvalue weighted by molar-refractivity contribution is -0.149. The third kappa shape index (κ3) is 28.1. The van der Waals surface area contributed by atoms with Crippen molar-refractivity contribution in [2.24, 2.45) is 29.0 Å². The van der Waals surface area contributed by atoms with Gasteiger partial charge in [-0.2, -0.15) is 0 Å². The van der Waals surface area contributed by atoms with Gasteiger partial charge in [-0.15, -0.1) is 11.8 Å². The number of nitrogens with two attached hydrogens (primary N) is 3. The van der Waals surface area contributed by atoms with Crippen LogP contribution in [0.4, 0.5) is 0 Å². The third-order valence-corrected chi connectivity index (χ3v) is 24.3. The summed E-state index contributed by atoms with van der Waals surface area (Å²) in [7, 11) is 3.96. The Bertz CT molecular complexity index is 4830. The number of hydrogen-bond acceptors (Lipinski definition) is 22. The van der Waals surface area contributed by atoms with Gasteiger partial charge in [0.05, 0.1) is 31.4 Å². The van der Waals surface area contributed by atoms with Crippen molar-refractivity contribution in [2.75, 3.05) is 65.4 Å². The zero-order valence-electron chi connectivity index (χ0n) is 74.6. The normalized spacial score (nSPS) is 25.5. The number of carbonyl (C=O) groups excluding carboxylic acids is 17. The number of H-pyrrole nitrogens is 2. The summed E-state index contributed by atoms with van der Waals surface area (Å²) in [4.78, 5) is 260. The second-order valence-electron chi connectivity index (χ2n) is 34.1. The quantitative estimate of drug-likeness (QED) is 0.0331. The SMILES string of the molecule is CCCC[C@H]1C(=O)N(C)[C@@H](CCCC)C(=O)N[C@@H](CC(C)C)C(=O)N[C@H](C(=O)NCC(N)=O)CSCC(=O)N[C@@H](Cc2ccc(O)cc2)C(=O)N(C)[C@@H](C)C(=O)N[C@@H](CC(N)=O)C(=O)N2CCC[C@H]2C(=O)N[C@@H](CN)C(=O)N[C@@H](CC(C)C)C(=O)N2C[C@H](O)C[C@H]2C(=O)N[C@@H](Cc2c[nH]c3ccccc23)C(=O)N[C@@H](CO)C(=O)N[C@@H](Cc2c[nH]c3ccccc23)C(=O)N1C. The predicted molar refractivity (Wildman–Crippen MR) is 477 cm³/mol. The lowest BCUT2D eigenvalue weighted by atomic mass is 9.99. The number of amides is 17. The minimum Gasteiger partial charge on any atom is -0.508 e. The number of fused-ring (bicyclic) bond motifs is 4. The maximum Gasteiger partial charge on any atom is 0.246 e. The van der Waals surface area contributed by atoms with Crippen LogP contribution in [0.3, 0.4) is 0 Å². The van der Waals surface area contributed by atoms with Crippen LogP contribution in [0, 0.1) is 11.8 Å². The number of nitrogens with zero attached hydrogens (tertiary/aromatic N) is 5. The number of thioether (sulfide) groups is 1. The Hall–Kier alpha value is -12.2. The van der Waals surface area contributed by atoms with Crippen LogP contribution in [0.15, 0.2) is 85.2 Å². The average Bonchev–Trinajstić information content (AvgIpc) is 1.64. The topological polar surface area (TPSA) is 597 Å². The second kappa shape index (κ2) is 48.2. The summed E-state index contributed by atoms with van der Waals surface area (Å²) >= 11 is 0.795. The maximum absolute atomic E-state index is 15.7. The van der Waals surface area contributed by atoms with Gasteiger partial charge in [-0.05, 0) is 98.2 Å². The number of aliphatic hydroxyl groups excluding tert-OH is 2. The van der Waals surface area contributed by atoms with E-state index in [0.29, 0.717) is 64.2 Å². The minimum absolute atomic E-state index is 0.00978. The van der Waals surface area contributed by atoms with Gasteiger partial charge in [0.25, 0.3) is 0 Å². The van der Waals surface area contributed by atoms with Gasteiger partial charge in [0, 0.05) is 106 Å². The number of nitrogens with one attached hydrogen (secondary N) is 12. The van der Waals surface area contributed by atoms with Crippen molar-refractivity contribution in [3.05, 3.63) is 102 Å². The van der Waals surface area contributed by atoms with Crippen LogP contribution in [-0.4, -0.2) is 306 Å². The van der Waals surface area contributed by atoms with Gasteiger partial charge in [0.15, 0.2) is 0 Å². The molecule has 15 atom stereocenters. The van der Waals surface area contributed by atoms with E-state index in [1.165, 1.54) is 57.2 Å². The van der Waals surface area contributed by atoms with Crippen LogP contribution in [0.1, 0.15) is 142 Å². The number of hydrogen-bond donors (Lipinski definition) is 18. The lowest BCUT2D eigenvalue weighted by Crippen LogP contribution is -2.62. The summed E-state index contributed by atoms with van der Waals surface area (Å²) in [5.74, 6) is -17.5. The Kier molecular flexibility index (Phi) is 38.2. The van der Waals surface area contributed by atoms with Crippen molar-refractivity contribution in [1.29, 1.82) is 0 Å². The monoisotopic (exact) mass is 1810 g/mol. The second-order valence-corrected chi connectivity index (χ2v) is 35.1. The van der Waals surface area contributed by atoms with E-state index in [2.05, 4.69) is 63.1 Å². The van der Waals surface area contributed by atoms with Gasteiger partial charge in [-0.25, -0.2) is 0 Å². The molecule has 0 unspecified atom stereocenters. The number of unbranched alkanes of at least 4 members (excludes halogenated alkanes) is 2. The fourth-order valence-corrected chi connectivity index (χ4v) is 17.0. The first kappa shape index (κ1) is 102. The molecule has 5 heterocycles. The van der Waals surface area contributed by atoms with Gasteiger partial charge >= 0.3 is 0 Å². The third-order valence-electron chi connectivity index (χ3n) is 23.3. The number of para-hydroxylation sites is 2. The van der Waals surface area contributed by atoms with Gasteiger partial charge in [0.2, 0.25) is 100 Å². The van der Waals surface area contributed by atoms with Crippen molar-refractivity contribution >= 4 is 134 Å². The molecular formula is C88H126N20O20S. The molecule has 3 aliphatic heterocycles. The number of primary amides is 2. The Morgan fingerprint density at radius 1 is 0.527 bits per heavy atom. The van der Waals surface area contributed by atoms with Crippen LogP contribution in [0.25, 0.3) is 21.8 Å². The van der Waals surface area contributed by atoms with E-state index in [-0.39, 0.29) is 88.3 Å². The summed E-state index contributed by atoms with van der Waals surface area (Å²) < 4.78 is 0. The molecule has 17 amide bonds. The van der Waals surface area contributed by atoms with Crippen LogP contribution < -0.4 is 70.4 Å². The first-order chi connectivity index (χ1) is 61.3. The van der Waals surface area contributed by atoms with Gasteiger partial charge in [-0.1, -0.05) is 116 Å². The molecule has 40 nitrogen and oxygen atoms in total. The molecule has 8 rings (SSSR count). The van der Waals surface area contributed by atoms with E-state index in [1.54, 1.807) is 88.6 Å². The average molecular weight is 1820 g/mol. The highest BCUT2D eigenvalue weighted by atomic mass is 32.2. The molecule has 3 fully saturated rings. The molecule has 3 saturated heterocycles. The predicted octanol–water partition coefficient (Wildman–Crippen LogP) is -2.15. The number of aromatic nitrogens is 2. The molecule has 5 aromatic rings. The first-order valence-corrected chi connectivity index (χ1v) is 44.9. The van der Waals surface area contributed by atoms with Crippen molar-refractivity contribution in [2.45, 2.75) is 235 Å². The Labute approximate surface area is 752 Å². The van der Waals surface area contributed by atoms with E-state index < -0.39 is 235 Å². The fourth-order valence-electron chi connectivity index (χ4n) is 16.1. The number of phenolic OH excluding ortho intramolecular Hbond substituents is 1. The molecule has 3 aliphatic rings. The number of carbonyl (C=O) groups is 17. The standard InChI is InChI=1S/C88H126N20O20S/c1-11-13-24-68-81(121)96-59(32-47(3)4)77(117)103-67(76(116)94-42-73(91)113)45-129-46-74(114)95-62(34-50-27-29-53(110)30-28-50)84(124)104(8)49(7)75(115)98-64(38-72(90)112)86(126)107-31-19-26-69(107)82(122)101-65(39-89)79(119)99-61(33-48(5)6)87(127)108-43-54(111)37-71(108)83(123)97-60(35-51-40-92-57-22-17-15-20-55(51)57)78(118)102-66(44-109)80(120)100-63(36-52-41-93-58-23-18-16-21-56(52)58)85(125)106(10)70(25-14-12-2)88(128)105(68)9/h15-18,20-23,27-30,40-41,47-49,54,59-71,92-93,109-111H,11-14,19,24-26,31-39,42-46,89H2,1-10H3,(H2,90,112)(H2,91,113)(H,94,116)(H,95,114)(H,96,121)(H,97,123)(H,98,115)(H,99,119)(H,100,120)(H,101,122)(H,102,118)(H,103,117)/t49-,54+,59-,60-,61-,62-,63-,64-,65-,66-,67-,68-,69-,70-,71-/m0/s1. The molecule has 0 bridgehead atoms. The molecule has 3 aromatic carbocycles. The van der Waals surface area contributed by atoms with Crippen LogP contribution in [0.2, 0.25) is 0 Å². The van der Waals surface area contributed by atoms with Crippen LogP contribution in [-0.2, 0) is 101 Å². The molecule has 704 valence electrons. The van der Waals surface area contributed by atoms with Crippen molar-refractivity contribution in [1.82, 2.24) is 87.6 Å². The number of likely N-dealkylation sites (N-methyl/N-ethyl adjacent to an activating group) is 3. The van der Waals surface area contributed by atoms with E-state index in [4.69, 9.17) is 17.2 Å². The molecule has 0 radical (unpaired) electrons. The summed E-state index contributed by atoms with van der Waals surface area (Å²) in [6.07, 6.45) is 1.75. The molecule has 21 N–H and O–H groups in total. The first-order valence-electron chi connectivity index (χ1n) is 43.7. The largest absolute Gasteiger partial charge is 0.508 e. The Balaban J connectivity index is 1.18. The molecule has 41 heteroatoms. The molecule has 0 saturated carbocycles. The maximum atomic E-state index is 15.7. The molecular weight excluding hydrogens is 1690 g/mol. The number of phenols is 1. The number of aromatic amines is 2. The zero-order chi connectivity index (χ0) is 94.8. The molecule has 129 heavy (non-hydrogen) atoms. The zero-order valence-corrected chi connectivity index (χ0v) is 75.4. The number of aromatic hydroxyl groups is 1. The van der Waals surface area contributed by atoms with Gasteiger partial charge < -0.3 is 120 Å². The highest BCUT2D eigenvalue weighted by Crippen LogP contribution is 2.28. The fraction of sp³-hybridized carbons (Fsp3) is 0.557. The van der Waals surface area contributed by atoms with Crippen LogP contribution in [0.5, 0.6) is 5.75 Å². The number of rotatable bonds is 23. The smallest absolute Gasteiger partial charge is 0.246 e. The lowest BCUT2D eigenvalue weighted by Gasteiger charge is -2.36. The number of aliphatic hydroxyl groups is 2. The van der Waals surface area contributed by atoms with Crippen molar-refractivity contribution < 1.29 is 96.8 Å². The van der Waals surface area contributed by atoms with E-state index in [1.807, 2.05) is 13.8 Å². The molecule has 0 spiro atoms. The Morgan fingerprint density at radius 2 is 1.02 bits per heavy atom.